The normalized spacial score (nSPS) is 12.2. The first-order valence-corrected chi connectivity index (χ1v) is 5.11. The fraction of sp³-hybridized carbons (Fsp3) is 0.333. The van der Waals surface area contributed by atoms with Gasteiger partial charge in [0.15, 0.2) is 0 Å². The summed E-state index contributed by atoms with van der Waals surface area (Å²) in [6.45, 7) is 2.42. The number of hydrogen-bond donors (Lipinski definition) is 1. The third-order valence-electron chi connectivity index (χ3n) is 2.62. The van der Waals surface area contributed by atoms with E-state index in [2.05, 4.69) is 0 Å². The first kappa shape index (κ1) is 10.9. The second-order valence-corrected chi connectivity index (χ2v) is 4.22. The molecule has 0 spiro atoms. The SMILES string of the molecule is Cc1cc2c(N)cccc2n1CC(C)(F)F. The summed E-state index contributed by atoms with van der Waals surface area (Å²) in [4.78, 5) is 0. The number of hydrogen-bond acceptors (Lipinski definition) is 1. The molecule has 1 aromatic heterocycles. The van der Waals surface area contributed by atoms with Gasteiger partial charge in [-0.2, -0.15) is 0 Å². The van der Waals surface area contributed by atoms with Gasteiger partial charge in [-0.05, 0) is 25.1 Å². The van der Waals surface area contributed by atoms with Crippen LogP contribution in [0.5, 0.6) is 0 Å². The van der Waals surface area contributed by atoms with Crippen molar-refractivity contribution in [2.75, 3.05) is 5.73 Å². The minimum absolute atomic E-state index is 0.314. The molecule has 0 atom stereocenters. The molecule has 2 nitrogen and oxygen atoms in total. The maximum Gasteiger partial charge on any atom is 0.262 e. The van der Waals surface area contributed by atoms with Crippen molar-refractivity contribution in [3.05, 3.63) is 30.0 Å². The number of fused-ring (bicyclic) bond motifs is 1. The van der Waals surface area contributed by atoms with Crippen LogP contribution >= 0.6 is 0 Å². The molecule has 0 aliphatic heterocycles. The zero-order chi connectivity index (χ0) is 11.9. The Morgan fingerprint density at radius 1 is 1.38 bits per heavy atom. The molecule has 0 radical (unpaired) electrons. The second-order valence-electron chi connectivity index (χ2n) is 4.22. The monoisotopic (exact) mass is 224 g/mol. The average Bonchev–Trinajstić information content (AvgIpc) is 2.44. The van der Waals surface area contributed by atoms with Gasteiger partial charge in [-0.3, -0.25) is 0 Å². The Bertz CT molecular complexity index is 524. The van der Waals surface area contributed by atoms with E-state index >= 15 is 0 Å². The zero-order valence-electron chi connectivity index (χ0n) is 9.30. The fourth-order valence-corrected chi connectivity index (χ4v) is 1.93. The van der Waals surface area contributed by atoms with Crippen molar-refractivity contribution in [3.63, 3.8) is 0 Å². The number of aryl methyl sites for hydroxylation is 1. The number of nitrogen functional groups attached to an aromatic ring is 1. The summed E-state index contributed by atoms with van der Waals surface area (Å²) in [6.07, 6.45) is 0. The van der Waals surface area contributed by atoms with Gasteiger partial charge < -0.3 is 10.3 Å². The predicted molar refractivity (Wildman–Crippen MR) is 61.7 cm³/mol. The molecule has 0 fully saturated rings. The molecule has 16 heavy (non-hydrogen) atoms. The number of halogens is 2. The van der Waals surface area contributed by atoms with Crippen LogP contribution in [0.4, 0.5) is 14.5 Å². The second kappa shape index (κ2) is 3.47. The molecule has 1 heterocycles. The smallest absolute Gasteiger partial charge is 0.262 e. The molecule has 0 saturated carbocycles. The predicted octanol–water partition coefficient (Wildman–Crippen LogP) is 3.19. The molecule has 0 amide bonds. The maximum absolute atomic E-state index is 13.0. The maximum atomic E-state index is 13.0. The lowest BCUT2D eigenvalue weighted by atomic mass is 10.2. The summed E-state index contributed by atoms with van der Waals surface area (Å²) in [5, 5.41) is 0.837. The van der Waals surface area contributed by atoms with Crippen LogP contribution in [-0.4, -0.2) is 10.5 Å². The van der Waals surface area contributed by atoms with Gasteiger partial charge in [0.05, 0.1) is 12.1 Å². The van der Waals surface area contributed by atoms with Crippen LogP contribution in [0.1, 0.15) is 12.6 Å². The number of benzene rings is 1. The van der Waals surface area contributed by atoms with Gasteiger partial charge in [0.1, 0.15) is 0 Å². The molecule has 4 heteroatoms. The Morgan fingerprint density at radius 2 is 2.06 bits per heavy atom. The topological polar surface area (TPSA) is 30.9 Å². The number of nitrogens with two attached hydrogens (primary N) is 1. The molecule has 0 aliphatic rings. The zero-order valence-corrected chi connectivity index (χ0v) is 9.30. The van der Waals surface area contributed by atoms with Crippen molar-refractivity contribution >= 4 is 16.6 Å². The molecule has 0 aliphatic carbocycles. The van der Waals surface area contributed by atoms with Crippen LogP contribution in [0, 0.1) is 6.92 Å². The summed E-state index contributed by atoms with van der Waals surface area (Å²) in [7, 11) is 0. The highest BCUT2D eigenvalue weighted by molar-refractivity contribution is 5.92. The number of aromatic nitrogens is 1. The van der Waals surface area contributed by atoms with Crippen LogP contribution in [0.25, 0.3) is 10.9 Å². The van der Waals surface area contributed by atoms with Crippen molar-refractivity contribution in [1.29, 1.82) is 0 Å². The lowest BCUT2D eigenvalue weighted by molar-refractivity contribution is 0.00462. The van der Waals surface area contributed by atoms with Gasteiger partial charge in [-0.15, -0.1) is 0 Å². The van der Waals surface area contributed by atoms with Crippen molar-refractivity contribution < 1.29 is 8.78 Å². The Labute approximate surface area is 92.7 Å². The van der Waals surface area contributed by atoms with Gasteiger partial charge in [-0.25, -0.2) is 8.78 Å². The molecule has 86 valence electrons. The van der Waals surface area contributed by atoms with Gasteiger partial charge in [-0.1, -0.05) is 6.07 Å². The van der Waals surface area contributed by atoms with Crippen LogP contribution < -0.4 is 5.73 Å². The molecular weight excluding hydrogens is 210 g/mol. The van der Waals surface area contributed by atoms with Crippen molar-refractivity contribution in [3.8, 4) is 0 Å². The summed E-state index contributed by atoms with van der Waals surface area (Å²) in [6, 6.07) is 7.21. The Hall–Kier alpha value is -1.58. The molecule has 2 N–H and O–H groups in total. The number of anilines is 1. The standard InChI is InChI=1S/C12H14F2N2/c1-8-6-9-10(15)4-3-5-11(9)16(8)7-12(2,13)14/h3-6H,7,15H2,1-2H3. The highest BCUT2D eigenvalue weighted by Gasteiger charge is 2.23. The van der Waals surface area contributed by atoms with E-state index < -0.39 is 5.92 Å². The number of rotatable bonds is 2. The summed E-state index contributed by atoms with van der Waals surface area (Å²) < 4.78 is 27.7. The van der Waals surface area contributed by atoms with Crippen molar-refractivity contribution in [1.82, 2.24) is 4.57 Å². The van der Waals surface area contributed by atoms with Crippen LogP contribution in [0.15, 0.2) is 24.3 Å². The van der Waals surface area contributed by atoms with E-state index in [1.807, 2.05) is 19.1 Å². The molecule has 2 aromatic rings. The van der Waals surface area contributed by atoms with Gasteiger partial charge in [0.25, 0.3) is 5.92 Å². The number of nitrogens with zero attached hydrogens (tertiary/aromatic N) is 1. The minimum Gasteiger partial charge on any atom is -0.398 e. The van der Waals surface area contributed by atoms with Crippen LogP contribution in [0.3, 0.4) is 0 Å². The first-order chi connectivity index (χ1) is 7.38. The van der Waals surface area contributed by atoms with Gasteiger partial charge >= 0.3 is 0 Å². The fourth-order valence-electron chi connectivity index (χ4n) is 1.93. The Kier molecular flexibility index (Phi) is 2.37. The average molecular weight is 224 g/mol. The third kappa shape index (κ3) is 1.87. The van der Waals surface area contributed by atoms with Crippen LogP contribution in [-0.2, 0) is 6.54 Å². The van der Waals surface area contributed by atoms with E-state index in [4.69, 9.17) is 5.73 Å². The minimum atomic E-state index is -2.72. The van der Waals surface area contributed by atoms with E-state index in [1.54, 1.807) is 16.7 Å². The Morgan fingerprint density at radius 3 is 2.69 bits per heavy atom. The molecule has 2 rings (SSSR count). The lowest BCUT2D eigenvalue weighted by Gasteiger charge is -2.14. The van der Waals surface area contributed by atoms with E-state index in [9.17, 15) is 8.78 Å². The van der Waals surface area contributed by atoms with E-state index in [1.165, 1.54) is 0 Å². The van der Waals surface area contributed by atoms with E-state index in [0.717, 1.165) is 23.5 Å². The third-order valence-corrected chi connectivity index (χ3v) is 2.62. The largest absolute Gasteiger partial charge is 0.398 e. The summed E-state index contributed by atoms with van der Waals surface area (Å²) in [5.41, 5.74) is 7.99. The van der Waals surface area contributed by atoms with E-state index in [-0.39, 0.29) is 6.54 Å². The van der Waals surface area contributed by atoms with Gasteiger partial charge in [0.2, 0.25) is 0 Å². The Balaban J connectivity index is 2.61. The molecule has 0 bridgehead atoms. The molecule has 1 aromatic carbocycles. The summed E-state index contributed by atoms with van der Waals surface area (Å²) >= 11 is 0. The number of alkyl halides is 2. The lowest BCUT2D eigenvalue weighted by Crippen LogP contribution is -2.19. The van der Waals surface area contributed by atoms with E-state index in [0.29, 0.717) is 5.69 Å². The highest BCUT2D eigenvalue weighted by Crippen LogP contribution is 2.27. The van der Waals surface area contributed by atoms with Crippen LogP contribution in [0.2, 0.25) is 0 Å². The van der Waals surface area contributed by atoms with Gasteiger partial charge in [0, 0.05) is 23.7 Å². The quantitative estimate of drug-likeness (QED) is 0.780. The van der Waals surface area contributed by atoms with Crippen molar-refractivity contribution in [2.24, 2.45) is 0 Å². The highest BCUT2D eigenvalue weighted by atomic mass is 19.3. The summed E-state index contributed by atoms with van der Waals surface area (Å²) in [5.74, 6) is -2.72. The first-order valence-electron chi connectivity index (χ1n) is 5.11. The molecule has 0 unspecified atom stereocenters. The van der Waals surface area contributed by atoms with Crippen molar-refractivity contribution in [2.45, 2.75) is 26.3 Å². The molecule has 0 saturated heterocycles. The molecular formula is C12H14F2N2.